The minimum absolute atomic E-state index is 0.165. The summed E-state index contributed by atoms with van der Waals surface area (Å²) >= 11 is 1.73. The first-order chi connectivity index (χ1) is 6.86. The van der Waals surface area contributed by atoms with Crippen molar-refractivity contribution in [1.29, 1.82) is 0 Å². The van der Waals surface area contributed by atoms with Crippen molar-refractivity contribution in [1.82, 2.24) is 5.32 Å². The molecule has 3 heteroatoms. The molecule has 1 aromatic rings. The highest BCUT2D eigenvalue weighted by Crippen LogP contribution is 2.19. The van der Waals surface area contributed by atoms with Gasteiger partial charge in [-0.05, 0) is 36.8 Å². The Morgan fingerprint density at radius 3 is 3.21 bits per heavy atom. The van der Waals surface area contributed by atoms with Crippen molar-refractivity contribution in [3.63, 3.8) is 0 Å². The summed E-state index contributed by atoms with van der Waals surface area (Å²) in [5.74, 6) is 0.450. The average Bonchev–Trinajstić information content (AvgIpc) is 2.72. The molecular weight excluding hydrogens is 194 g/mol. The van der Waals surface area contributed by atoms with Crippen LogP contribution in [0.25, 0.3) is 0 Å². The van der Waals surface area contributed by atoms with Gasteiger partial charge in [-0.3, -0.25) is 0 Å². The van der Waals surface area contributed by atoms with Crippen LogP contribution in [0.1, 0.15) is 17.7 Å². The van der Waals surface area contributed by atoms with Gasteiger partial charge in [-0.25, -0.2) is 0 Å². The number of thiophene rings is 1. The van der Waals surface area contributed by atoms with Gasteiger partial charge in [0.15, 0.2) is 0 Å². The van der Waals surface area contributed by atoms with E-state index in [-0.39, 0.29) is 6.10 Å². The van der Waals surface area contributed by atoms with Crippen LogP contribution in [-0.4, -0.2) is 24.3 Å². The second kappa shape index (κ2) is 4.91. The molecule has 78 valence electrons. The molecular formula is C11H17NOS. The van der Waals surface area contributed by atoms with Gasteiger partial charge < -0.3 is 10.4 Å². The van der Waals surface area contributed by atoms with Gasteiger partial charge in [0.1, 0.15) is 0 Å². The van der Waals surface area contributed by atoms with Gasteiger partial charge in [-0.2, -0.15) is 0 Å². The molecule has 1 aliphatic heterocycles. The molecule has 2 nitrogen and oxygen atoms in total. The molecule has 0 saturated carbocycles. The number of piperidine rings is 1. The SMILES string of the molecule is OC(Cc1cccs1)C1CCCNC1. The van der Waals surface area contributed by atoms with E-state index in [2.05, 4.69) is 16.8 Å². The first kappa shape index (κ1) is 10.1. The third-order valence-corrected chi connectivity index (χ3v) is 3.77. The van der Waals surface area contributed by atoms with E-state index < -0.39 is 0 Å². The molecule has 0 spiro atoms. The fourth-order valence-electron chi connectivity index (χ4n) is 2.01. The summed E-state index contributed by atoms with van der Waals surface area (Å²) in [6.07, 6.45) is 3.02. The van der Waals surface area contributed by atoms with E-state index in [9.17, 15) is 5.11 Å². The Morgan fingerprint density at radius 2 is 2.57 bits per heavy atom. The van der Waals surface area contributed by atoms with Crippen LogP contribution in [0.3, 0.4) is 0 Å². The van der Waals surface area contributed by atoms with Crippen LogP contribution >= 0.6 is 11.3 Å². The Morgan fingerprint density at radius 1 is 1.64 bits per heavy atom. The number of hydrogen-bond donors (Lipinski definition) is 2. The Balaban J connectivity index is 1.85. The summed E-state index contributed by atoms with van der Waals surface area (Å²) in [5, 5.41) is 15.4. The molecule has 0 aromatic carbocycles. The summed E-state index contributed by atoms with van der Waals surface area (Å²) in [5.41, 5.74) is 0. The zero-order chi connectivity index (χ0) is 9.80. The second-order valence-electron chi connectivity index (χ2n) is 3.96. The lowest BCUT2D eigenvalue weighted by Gasteiger charge is -2.27. The summed E-state index contributed by atoms with van der Waals surface area (Å²) in [4.78, 5) is 1.29. The van der Waals surface area contributed by atoms with E-state index in [1.807, 2.05) is 6.07 Å². The molecule has 1 saturated heterocycles. The van der Waals surface area contributed by atoms with Crippen molar-refractivity contribution in [3.05, 3.63) is 22.4 Å². The van der Waals surface area contributed by atoms with Crippen LogP contribution in [0, 0.1) is 5.92 Å². The van der Waals surface area contributed by atoms with Crippen molar-refractivity contribution in [3.8, 4) is 0 Å². The lowest BCUT2D eigenvalue weighted by molar-refractivity contribution is 0.0929. The monoisotopic (exact) mass is 211 g/mol. The summed E-state index contributed by atoms with van der Waals surface area (Å²) < 4.78 is 0. The minimum atomic E-state index is -0.165. The highest BCUT2D eigenvalue weighted by Gasteiger charge is 2.21. The van der Waals surface area contributed by atoms with Crippen molar-refractivity contribution in [2.24, 2.45) is 5.92 Å². The van der Waals surface area contributed by atoms with Crippen LogP contribution in [0.2, 0.25) is 0 Å². The molecule has 2 rings (SSSR count). The van der Waals surface area contributed by atoms with Gasteiger partial charge in [0.25, 0.3) is 0 Å². The second-order valence-corrected chi connectivity index (χ2v) is 4.99. The van der Waals surface area contributed by atoms with E-state index in [1.54, 1.807) is 11.3 Å². The normalized spacial score (nSPS) is 24.8. The fourth-order valence-corrected chi connectivity index (χ4v) is 2.76. The highest BCUT2D eigenvalue weighted by molar-refractivity contribution is 7.09. The fraction of sp³-hybridized carbons (Fsp3) is 0.636. The van der Waals surface area contributed by atoms with Gasteiger partial charge in [0.05, 0.1) is 6.10 Å². The van der Waals surface area contributed by atoms with Crippen LogP contribution < -0.4 is 5.32 Å². The third kappa shape index (κ3) is 2.56. The molecule has 0 aliphatic carbocycles. The molecule has 1 aliphatic rings. The summed E-state index contributed by atoms with van der Waals surface area (Å²) in [6.45, 7) is 2.09. The average molecular weight is 211 g/mol. The van der Waals surface area contributed by atoms with Crippen LogP contribution in [0.15, 0.2) is 17.5 Å². The highest BCUT2D eigenvalue weighted by atomic mass is 32.1. The largest absolute Gasteiger partial charge is 0.392 e. The van der Waals surface area contributed by atoms with Crippen LogP contribution in [0.5, 0.6) is 0 Å². The zero-order valence-electron chi connectivity index (χ0n) is 8.28. The molecule has 2 N–H and O–H groups in total. The molecule has 2 unspecified atom stereocenters. The molecule has 14 heavy (non-hydrogen) atoms. The van der Waals surface area contributed by atoms with E-state index in [4.69, 9.17) is 0 Å². The first-order valence-electron chi connectivity index (χ1n) is 5.27. The van der Waals surface area contributed by atoms with Gasteiger partial charge in [0.2, 0.25) is 0 Å². The number of rotatable bonds is 3. The van der Waals surface area contributed by atoms with Crippen molar-refractivity contribution in [2.45, 2.75) is 25.4 Å². The molecule has 0 amide bonds. The van der Waals surface area contributed by atoms with Crippen molar-refractivity contribution in [2.75, 3.05) is 13.1 Å². The molecule has 0 bridgehead atoms. The topological polar surface area (TPSA) is 32.3 Å². The quantitative estimate of drug-likeness (QED) is 0.797. The van der Waals surface area contributed by atoms with Gasteiger partial charge in [-0.1, -0.05) is 6.07 Å². The van der Waals surface area contributed by atoms with Gasteiger partial charge in [-0.15, -0.1) is 11.3 Å². The molecule has 2 atom stereocenters. The van der Waals surface area contributed by atoms with E-state index in [0.29, 0.717) is 5.92 Å². The predicted molar refractivity (Wildman–Crippen MR) is 59.6 cm³/mol. The molecule has 0 radical (unpaired) electrons. The number of nitrogens with one attached hydrogen (secondary N) is 1. The standard InChI is InChI=1S/C11H17NOS/c13-11(7-10-4-2-6-14-10)9-3-1-5-12-8-9/h2,4,6,9,11-13H,1,3,5,7-8H2. The maximum Gasteiger partial charge on any atom is 0.0628 e. The van der Waals surface area contributed by atoms with Crippen molar-refractivity contribution < 1.29 is 5.11 Å². The number of aliphatic hydroxyl groups is 1. The minimum Gasteiger partial charge on any atom is -0.392 e. The third-order valence-electron chi connectivity index (χ3n) is 2.87. The Labute approximate surface area is 89.0 Å². The van der Waals surface area contributed by atoms with Crippen molar-refractivity contribution >= 4 is 11.3 Å². The lowest BCUT2D eigenvalue weighted by Crippen LogP contribution is -2.37. The van der Waals surface area contributed by atoms with Crippen LogP contribution in [-0.2, 0) is 6.42 Å². The lowest BCUT2D eigenvalue weighted by atomic mass is 9.92. The number of aliphatic hydroxyl groups excluding tert-OH is 1. The van der Waals surface area contributed by atoms with Gasteiger partial charge >= 0.3 is 0 Å². The van der Waals surface area contributed by atoms with E-state index in [0.717, 1.165) is 19.5 Å². The number of hydrogen-bond acceptors (Lipinski definition) is 3. The van der Waals surface area contributed by atoms with Gasteiger partial charge in [0, 0.05) is 17.8 Å². The van der Waals surface area contributed by atoms with E-state index in [1.165, 1.54) is 17.7 Å². The first-order valence-corrected chi connectivity index (χ1v) is 6.15. The van der Waals surface area contributed by atoms with E-state index >= 15 is 0 Å². The molecule has 1 fully saturated rings. The predicted octanol–water partition coefficient (Wildman–Crippen LogP) is 1.65. The maximum atomic E-state index is 10.0. The molecule has 2 heterocycles. The Bertz CT molecular complexity index is 254. The summed E-state index contributed by atoms with van der Waals surface area (Å²) in [7, 11) is 0. The van der Waals surface area contributed by atoms with Crippen LogP contribution in [0.4, 0.5) is 0 Å². The maximum absolute atomic E-state index is 10.0. The summed E-state index contributed by atoms with van der Waals surface area (Å²) in [6, 6.07) is 4.15. The smallest absolute Gasteiger partial charge is 0.0628 e. The molecule has 1 aromatic heterocycles. The Hall–Kier alpha value is -0.380. The zero-order valence-corrected chi connectivity index (χ0v) is 9.09. The Kier molecular flexibility index (Phi) is 3.56.